The lowest BCUT2D eigenvalue weighted by Crippen LogP contribution is -2.06. The summed E-state index contributed by atoms with van der Waals surface area (Å²) in [7, 11) is 0. The quantitative estimate of drug-likeness (QED) is 0.634. The minimum Gasteiger partial charge on any atom is -0.359 e. The second kappa shape index (κ2) is 4.75. The van der Waals surface area contributed by atoms with Crippen LogP contribution in [0.4, 0.5) is 11.5 Å². The monoisotopic (exact) mass is 227 g/mol. The first kappa shape index (κ1) is 11.5. The number of hydrogen-bond acceptors (Lipinski definition) is 4. The van der Waals surface area contributed by atoms with Gasteiger partial charge in [-0.25, -0.2) is 4.98 Å². The predicted octanol–water partition coefficient (Wildman–Crippen LogP) is 2.46. The number of nitrogens with zero attached hydrogens (tertiary/aromatic N) is 2. The summed E-state index contributed by atoms with van der Waals surface area (Å²) in [4.78, 5) is 14.1. The van der Waals surface area contributed by atoms with Gasteiger partial charge in [0, 0.05) is 17.3 Å². The van der Waals surface area contributed by atoms with Crippen molar-refractivity contribution in [3.8, 4) is 0 Å². The van der Waals surface area contributed by atoms with Crippen LogP contribution >= 0.6 is 11.6 Å². The van der Waals surface area contributed by atoms with Crippen LogP contribution < -0.4 is 5.32 Å². The van der Waals surface area contributed by atoms with Crippen LogP contribution in [0.25, 0.3) is 0 Å². The van der Waals surface area contributed by atoms with Crippen molar-refractivity contribution in [1.29, 1.82) is 0 Å². The zero-order valence-electron chi connectivity index (χ0n) is 8.16. The van der Waals surface area contributed by atoms with Crippen LogP contribution in [0.15, 0.2) is 23.9 Å². The maximum absolute atomic E-state index is 10.7. The van der Waals surface area contributed by atoms with Crippen LogP contribution in [0.2, 0.25) is 0 Å². The van der Waals surface area contributed by atoms with E-state index in [0.29, 0.717) is 5.03 Å². The Kier molecular flexibility index (Phi) is 3.62. The molecule has 1 heterocycles. The van der Waals surface area contributed by atoms with Crippen molar-refractivity contribution in [2.75, 3.05) is 11.9 Å². The molecule has 0 aliphatic carbocycles. The summed E-state index contributed by atoms with van der Waals surface area (Å²) in [5, 5.41) is 13.8. The van der Waals surface area contributed by atoms with Crippen molar-refractivity contribution in [2.45, 2.75) is 6.92 Å². The van der Waals surface area contributed by atoms with E-state index in [9.17, 15) is 10.1 Å². The third-order valence-electron chi connectivity index (χ3n) is 1.65. The first-order valence-electron chi connectivity index (χ1n) is 4.19. The number of pyridine rings is 1. The van der Waals surface area contributed by atoms with Gasteiger partial charge in [0.15, 0.2) is 0 Å². The molecule has 1 aromatic heterocycles. The van der Waals surface area contributed by atoms with Crippen molar-refractivity contribution >= 4 is 23.1 Å². The lowest BCUT2D eigenvalue weighted by Gasteiger charge is -2.04. The van der Waals surface area contributed by atoms with Gasteiger partial charge in [-0.1, -0.05) is 18.2 Å². The van der Waals surface area contributed by atoms with Gasteiger partial charge in [0.05, 0.1) is 11.5 Å². The minimum absolute atomic E-state index is 0.0621. The number of anilines is 1. The number of nitrogens with one attached hydrogen (secondary N) is 1. The maximum Gasteiger partial charge on any atom is 0.311 e. The SMILES string of the molecule is C=C(Cl)CNc1ncc(C)cc1[N+](=O)[O-]. The third kappa shape index (κ3) is 3.21. The van der Waals surface area contributed by atoms with Crippen LogP contribution in [0.1, 0.15) is 5.56 Å². The second-order valence-electron chi connectivity index (χ2n) is 3.01. The summed E-state index contributed by atoms with van der Waals surface area (Å²) in [6.45, 7) is 5.46. The Morgan fingerprint density at radius 1 is 1.80 bits per heavy atom. The molecule has 0 aliphatic heterocycles. The van der Waals surface area contributed by atoms with Crippen LogP contribution in [-0.2, 0) is 0 Å². The molecule has 0 unspecified atom stereocenters. The molecule has 0 amide bonds. The van der Waals surface area contributed by atoms with E-state index < -0.39 is 4.92 Å². The highest BCUT2D eigenvalue weighted by atomic mass is 35.5. The number of hydrogen-bond donors (Lipinski definition) is 1. The number of nitro groups is 1. The molecular formula is C9H10ClN3O2. The van der Waals surface area contributed by atoms with E-state index in [2.05, 4.69) is 16.9 Å². The molecule has 1 rings (SSSR count). The van der Waals surface area contributed by atoms with E-state index >= 15 is 0 Å². The second-order valence-corrected chi connectivity index (χ2v) is 3.54. The first-order valence-corrected chi connectivity index (χ1v) is 4.56. The number of halogens is 1. The Morgan fingerprint density at radius 2 is 2.47 bits per heavy atom. The van der Waals surface area contributed by atoms with E-state index in [4.69, 9.17) is 11.6 Å². The fourth-order valence-corrected chi connectivity index (χ4v) is 1.08. The van der Waals surface area contributed by atoms with Crippen molar-refractivity contribution < 1.29 is 4.92 Å². The first-order chi connectivity index (χ1) is 7.00. The molecule has 6 heteroatoms. The Hall–Kier alpha value is -1.62. The Morgan fingerprint density at radius 3 is 3.00 bits per heavy atom. The average molecular weight is 228 g/mol. The zero-order chi connectivity index (χ0) is 11.4. The highest BCUT2D eigenvalue weighted by molar-refractivity contribution is 6.29. The number of aryl methyl sites for hydroxylation is 1. The normalized spacial score (nSPS) is 9.73. The Bertz CT molecular complexity index is 406. The Labute approximate surface area is 91.9 Å². The lowest BCUT2D eigenvalue weighted by atomic mass is 10.3. The molecule has 0 radical (unpaired) electrons. The fraction of sp³-hybridized carbons (Fsp3) is 0.222. The van der Waals surface area contributed by atoms with Gasteiger partial charge in [-0.05, 0) is 12.5 Å². The summed E-state index contributed by atoms with van der Waals surface area (Å²) in [5.74, 6) is 0.201. The van der Waals surface area contributed by atoms with E-state index in [1.54, 1.807) is 13.1 Å². The van der Waals surface area contributed by atoms with Gasteiger partial charge in [0.25, 0.3) is 0 Å². The smallest absolute Gasteiger partial charge is 0.311 e. The van der Waals surface area contributed by atoms with Crippen molar-refractivity contribution in [3.05, 3.63) is 39.6 Å². The number of rotatable bonds is 4. The highest BCUT2D eigenvalue weighted by Gasteiger charge is 2.14. The van der Waals surface area contributed by atoms with E-state index in [1.807, 2.05) is 0 Å². The topological polar surface area (TPSA) is 68.1 Å². The minimum atomic E-state index is -0.487. The number of aromatic nitrogens is 1. The van der Waals surface area contributed by atoms with Gasteiger partial charge in [-0.15, -0.1) is 0 Å². The molecule has 80 valence electrons. The molecule has 0 bridgehead atoms. The van der Waals surface area contributed by atoms with Gasteiger partial charge in [0.1, 0.15) is 0 Å². The molecule has 15 heavy (non-hydrogen) atoms. The molecular weight excluding hydrogens is 218 g/mol. The van der Waals surface area contributed by atoms with Gasteiger partial charge in [0.2, 0.25) is 5.82 Å². The standard InChI is InChI=1S/C9H10ClN3O2/c1-6-3-8(13(14)15)9(11-4-6)12-5-7(2)10/h3-4H,2,5H2,1H3,(H,11,12). The molecule has 0 atom stereocenters. The van der Waals surface area contributed by atoms with E-state index in [1.165, 1.54) is 6.07 Å². The molecule has 1 N–H and O–H groups in total. The van der Waals surface area contributed by atoms with Gasteiger partial charge in [-0.3, -0.25) is 10.1 Å². The maximum atomic E-state index is 10.7. The Balaban J connectivity index is 2.95. The molecule has 0 fully saturated rings. The lowest BCUT2D eigenvalue weighted by molar-refractivity contribution is -0.384. The fourth-order valence-electron chi connectivity index (χ4n) is 1.01. The van der Waals surface area contributed by atoms with Crippen LogP contribution in [0.3, 0.4) is 0 Å². The third-order valence-corrected chi connectivity index (χ3v) is 1.78. The van der Waals surface area contributed by atoms with Crippen LogP contribution in [-0.4, -0.2) is 16.5 Å². The highest BCUT2D eigenvalue weighted by Crippen LogP contribution is 2.22. The molecule has 1 aromatic rings. The average Bonchev–Trinajstić information content (AvgIpc) is 2.15. The molecule has 0 saturated carbocycles. The van der Waals surface area contributed by atoms with Crippen LogP contribution in [0, 0.1) is 17.0 Å². The van der Waals surface area contributed by atoms with Crippen molar-refractivity contribution in [1.82, 2.24) is 4.98 Å². The van der Waals surface area contributed by atoms with E-state index in [0.717, 1.165) is 5.56 Å². The zero-order valence-corrected chi connectivity index (χ0v) is 8.91. The van der Waals surface area contributed by atoms with Crippen molar-refractivity contribution in [2.24, 2.45) is 0 Å². The van der Waals surface area contributed by atoms with Gasteiger partial charge < -0.3 is 5.32 Å². The van der Waals surface area contributed by atoms with Crippen LogP contribution in [0.5, 0.6) is 0 Å². The molecule has 0 aromatic carbocycles. The summed E-state index contributed by atoms with van der Waals surface area (Å²) in [6, 6.07) is 1.45. The molecule has 0 spiro atoms. The summed E-state index contributed by atoms with van der Waals surface area (Å²) in [5.41, 5.74) is 0.671. The summed E-state index contributed by atoms with van der Waals surface area (Å²) < 4.78 is 0. The van der Waals surface area contributed by atoms with Gasteiger partial charge in [-0.2, -0.15) is 0 Å². The van der Waals surface area contributed by atoms with Crippen molar-refractivity contribution in [3.63, 3.8) is 0 Å². The summed E-state index contributed by atoms with van der Waals surface area (Å²) in [6.07, 6.45) is 1.55. The largest absolute Gasteiger partial charge is 0.359 e. The molecule has 5 nitrogen and oxygen atoms in total. The molecule has 0 saturated heterocycles. The molecule has 0 aliphatic rings. The van der Waals surface area contributed by atoms with E-state index in [-0.39, 0.29) is 18.1 Å². The van der Waals surface area contributed by atoms with Gasteiger partial charge >= 0.3 is 5.69 Å². The summed E-state index contributed by atoms with van der Waals surface area (Å²) >= 11 is 5.54. The predicted molar refractivity (Wildman–Crippen MR) is 59.1 cm³/mol.